The monoisotopic (exact) mass is 260 g/mol. The summed E-state index contributed by atoms with van der Waals surface area (Å²) in [5.41, 5.74) is 0.962. The summed E-state index contributed by atoms with van der Waals surface area (Å²) in [6, 6.07) is 10.8. The Hall–Kier alpha value is -1.53. The SMILES string of the molecule is CNC(C)c1cccc(OCCCC(C)(C)C#N)c1. The van der Waals surface area contributed by atoms with Crippen molar-refractivity contribution in [2.24, 2.45) is 5.41 Å². The molecule has 0 aliphatic heterocycles. The van der Waals surface area contributed by atoms with Gasteiger partial charge in [-0.15, -0.1) is 0 Å². The molecule has 0 fully saturated rings. The summed E-state index contributed by atoms with van der Waals surface area (Å²) in [6.45, 7) is 6.70. The van der Waals surface area contributed by atoms with E-state index in [1.807, 2.05) is 33.0 Å². The Morgan fingerprint density at radius 2 is 2.16 bits per heavy atom. The minimum absolute atomic E-state index is 0.258. The van der Waals surface area contributed by atoms with Gasteiger partial charge >= 0.3 is 0 Å². The quantitative estimate of drug-likeness (QED) is 0.761. The second kappa shape index (κ2) is 7.16. The fourth-order valence-corrected chi connectivity index (χ4v) is 1.80. The van der Waals surface area contributed by atoms with Crippen LogP contribution in [0.25, 0.3) is 0 Å². The van der Waals surface area contributed by atoms with Crippen LogP contribution in [0.2, 0.25) is 0 Å². The van der Waals surface area contributed by atoms with Crippen LogP contribution >= 0.6 is 0 Å². The summed E-state index contributed by atoms with van der Waals surface area (Å²) in [7, 11) is 1.95. The van der Waals surface area contributed by atoms with E-state index >= 15 is 0 Å². The molecule has 1 aromatic carbocycles. The Kier molecular flexibility index (Phi) is 5.85. The molecule has 3 heteroatoms. The first-order chi connectivity index (χ1) is 8.98. The predicted molar refractivity (Wildman–Crippen MR) is 78.0 cm³/mol. The molecule has 0 aliphatic carbocycles. The van der Waals surface area contributed by atoms with E-state index in [1.54, 1.807) is 0 Å². The normalized spacial score (nSPS) is 12.8. The number of ether oxygens (including phenoxy) is 1. The van der Waals surface area contributed by atoms with Crippen molar-refractivity contribution >= 4 is 0 Å². The van der Waals surface area contributed by atoms with Crippen molar-refractivity contribution in [2.75, 3.05) is 13.7 Å². The minimum atomic E-state index is -0.258. The van der Waals surface area contributed by atoms with Crippen LogP contribution in [0.3, 0.4) is 0 Å². The zero-order chi connectivity index (χ0) is 14.3. The topological polar surface area (TPSA) is 45.0 Å². The lowest BCUT2D eigenvalue weighted by Crippen LogP contribution is -2.12. The van der Waals surface area contributed by atoms with Gasteiger partial charge in [0.1, 0.15) is 5.75 Å². The lowest BCUT2D eigenvalue weighted by atomic mass is 9.90. The standard InChI is InChI=1S/C16H24N2O/c1-13(18-4)14-7-5-8-15(11-14)19-10-6-9-16(2,3)12-17/h5,7-8,11,13,18H,6,9-10H2,1-4H3. The molecule has 0 aromatic heterocycles. The Labute approximate surface area is 116 Å². The van der Waals surface area contributed by atoms with Crippen molar-refractivity contribution in [3.05, 3.63) is 29.8 Å². The molecule has 1 N–H and O–H groups in total. The van der Waals surface area contributed by atoms with E-state index in [9.17, 15) is 0 Å². The van der Waals surface area contributed by atoms with Crippen molar-refractivity contribution in [3.63, 3.8) is 0 Å². The predicted octanol–water partition coefficient (Wildman–Crippen LogP) is 3.68. The van der Waals surface area contributed by atoms with E-state index in [-0.39, 0.29) is 5.41 Å². The third kappa shape index (κ3) is 5.32. The molecule has 0 saturated heterocycles. The highest BCUT2D eigenvalue weighted by atomic mass is 16.5. The first kappa shape index (κ1) is 15.5. The molecule has 1 unspecified atom stereocenters. The van der Waals surface area contributed by atoms with Crippen LogP contribution in [0.4, 0.5) is 0 Å². The number of nitriles is 1. The highest BCUT2D eigenvalue weighted by Crippen LogP contribution is 2.22. The maximum absolute atomic E-state index is 8.94. The van der Waals surface area contributed by atoms with Gasteiger partial charge in [-0.05, 0) is 58.4 Å². The molecule has 19 heavy (non-hydrogen) atoms. The second-order valence-electron chi connectivity index (χ2n) is 5.53. The van der Waals surface area contributed by atoms with Crippen LogP contribution in [-0.4, -0.2) is 13.7 Å². The smallest absolute Gasteiger partial charge is 0.119 e. The molecule has 0 saturated carbocycles. The Morgan fingerprint density at radius 3 is 2.79 bits per heavy atom. The summed E-state index contributed by atoms with van der Waals surface area (Å²) in [5.74, 6) is 0.898. The molecule has 1 aromatic rings. The fraction of sp³-hybridized carbons (Fsp3) is 0.562. The van der Waals surface area contributed by atoms with Crippen molar-refractivity contribution in [1.29, 1.82) is 5.26 Å². The molecule has 0 heterocycles. The molecule has 0 aliphatic rings. The fourth-order valence-electron chi connectivity index (χ4n) is 1.80. The van der Waals surface area contributed by atoms with Gasteiger partial charge in [-0.2, -0.15) is 5.26 Å². The molecule has 3 nitrogen and oxygen atoms in total. The Balaban J connectivity index is 2.44. The van der Waals surface area contributed by atoms with Gasteiger partial charge in [0, 0.05) is 6.04 Å². The molecule has 0 spiro atoms. The van der Waals surface area contributed by atoms with Crippen LogP contribution in [0.15, 0.2) is 24.3 Å². The summed E-state index contributed by atoms with van der Waals surface area (Å²) < 4.78 is 5.74. The third-order valence-corrected chi connectivity index (χ3v) is 3.31. The molecular weight excluding hydrogens is 236 g/mol. The number of nitrogens with one attached hydrogen (secondary N) is 1. The summed E-state index contributed by atoms with van der Waals surface area (Å²) in [5, 5.41) is 12.1. The van der Waals surface area contributed by atoms with Gasteiger partial charge in [-0.1, -0.05) is 12.1 Å². The Morgan fingerprint density at radius 1 is 1.42 bits per heavy atom. The lowest BCUT2D eigenvalue weighted by molar-refractivity contribution is 0.284. The van der Waals surface area contributed by atoms with Gasteiger partial charge in [0.2, 0.25) is 0 Å². The summed E-state index contributed by atoms with van der Waals surface area (Å²) in [6.07, 6.45) is 1.75. The minimum Gasteiger partial charge on any atom is -0.494 e. The van der Waals surface area contributed by atoms with Gasteiger partial charge in [0.25, 0.3) is 0 Å². The van der Waals surface area contributed by atoms with Gasteiger partial charge in [0.15, 0.2) is 0 Å². The van der Waals surface area contributed by atoms with E-state index in [0.717, 1.165) is 18.6 Å². The van der Waals surface area contributed by atoms with Crippen LogP contribution < -0.4 is 10.1 Å². The zero-order valence-corrected chi connectivity index (χ0v) is 12.4. The molecule has 0 bridgehead atoms. The zero-order valence-electron chi connectivity index (χ0n) is 12.4. The van der Waals surface area contributed by atoms with E-state index < -0.39 is 0 Å². The highest BCUT2D eigenvalue weighted by molar-refractivity contribution is 5.30. The van der Waals surface area contributed by atoms with E-state index in [0.29, 0.717) is 12.6 Å². The van der Waals surface area contributed by atoms with Crippen molar-refractivity contribution in [3.8, 4) is 11.8 Å². The number of hydrogen-bond acceptors (Lipinski definition) is 3. The number of rotatable bonds is 7. The molecular formula is C16H24N2O. The van der Waals surface area contributed by atoms with E-state index in [2.05, 4.69) is 30.4 Å². The van der Waals surface area contributed by atoms with Gasteiger partial charge in [0.05, 0.1) is 18.1 Å². The summed E-state index contributed by atoms with van der Waals surface area (Å²) in [4.78, 5) is 0. The highest BCUT2D eigenvalue weighted by Gasteiger charge is 2.15. The van der Waals surface area contributed by atoms with Crippen molar-refractivity contribution in [2.45, 2.75) is 39.7 Å². The molecule has 0 amide bonds. The molecule has 0 radical (unpaired) electrons. The van der Waals surface area contributed by atoms with Gasteiger partial charge < -0.3 is 10.1 Å². The van der Waals surface area contributed by atoms with Crippen LogP contribution in [0.1, 0.15) is 45.2 Å². The lowest BCUT2D eigenvalue weighted by Gasteiger charge is -2.15. The number of hydrogen-bond donors (Lipinski definition) is 1. The average Bonchev–Trinajstić information content (AvgIpc) is 2.43. The first-order valence-corrected chi connectivity index (χ1v) is 6.80. The maximum Gasteiger partial charge on any atom is 0.119 e. The third-order valence-electron chi connectivity index (χ3n) is 3.31. The van der Waals surface area contributed by atoms with E-state index in [4.69, 9.17) is 10.00 Å². The van der Waals surface area contributed by atoms with Crippen LogP contribution in [-0.2, 0) is 0 Å². The van der Waals surface area contributed by atoms with Crippen LogP contribution in [0, 0.1) is 16.7 Å². The second-order valence-corrected chi connectivity index (χ2v) is 5.53. The largest absolute Gasteiger partial charge is 0.494 e. The maximum atomic E-state index is 8.94. The van der Waals surface area contributed by atoms with Gasteiger partial charge in [-0.25, -0.2) is 0 Å². The van der Waals surface area contributed by atoms with Crippen LogP contribution in [0.5, 0.6) is 5.75 Å². The van der Waals surface area contributed by atoms with Crippen molar-refractivity contribution < 1.29 is 4.74 Å². The van der Waals surface area contributed by atoms with E-state index in [1.165, 1.54) is 5.56 Å². The molecule has 1 rings (SSSR count). The van der Waals surface area contributed by atoms with Gasteiger partial charge in [-0.3, -0.25) is 0 Å². The number of nitrogens with zero attached hydrogens (tertiary/aromatic N) is 1. The first-order valence-electron chi connectivity index (χ1n) is 6.80. The average molecular weight is 260 g/mol. The summed E-state index contributed by atoms with van der Waals surface area (Å²) >= 11 is 0. The Bertz CT molecular complexity index is 435. The molecule has 1 atom stereocenters. The molecule has 104 valence electrons. The van der Waals surface area contributed by atoms with Crippen molar-refractivity contribution in [1.82, 2.24) is 5.32 Å². The number of benzene rings is 1.